The molecule has 1 aromatic rings. The van der Waals surface area contributed by atoms with Crippen LogP contribution in [0.15, 0.2) is 18.2 Å². The van der Waals surface area contributed by atoms with Crippen LogP contribution >= 0.6 is 0 Å². The molecular formula is C16H27NO2. The zero-order valence-corrected chi connectivity index (χ0v) is 12.5. The van der Waals surface area contributed by atoms with Crippen molar-refractivity contribution < 1.29 is 9.47 Å². The maximum Gasteiger partial charge on any atom is 0.124 e. The topological polar surface area (TPSA) is 30.5 Å². The molecule has 0 aliphatic rings. The summed E-state index contributed by atoms with van der Waals surface area (Å²) in [5.41, 5.74) is 1.15. The molecule has 0 saturated carbocycles. The van der Waals surface area contributed by atoms with Gasteiger partial charge >= 0.3 is 0 Å². The van der Waals surface area contributed by atoms with Crippen molar-refractivity contribution in [2.24, 2.45) is 0 Å². The average molecular weight is 265 g/mol. The van der Waals surface area contributed by atoms with Crippen LogP contribution in [0, 0.1) is 0 Å². The van der Waals surface area contributed by atoms with Crippen molar-refractivity contribution in [1.29, 1.82) is 0 Å². The quantitative estimate of drug-likeness (QED) is 0.653. The summed E-state index contributed by atoms with van der Waals surface area (Å²) in [4.78, 5) is 0. The van der Waals surface area contributed by atoms with Crippen LogP contribution in [0.1, 0.15) is 44.6 Å². The van der Waals surface area contributed by atoms with E-state index in [1.807, 2.05) is 25.2 Å². The molecule has 3 heteroatoms. The molecule has 0 unspecified atom stereocenters. The molecule has 0 aliphatic heterocycles. The number of hydrogen-bond acceptors (Lipinski definition) is 3. The van der Waals surface area contributed by atoms with Gasteiger partial charge in [-0.3, -0.25) is 0 Å². The highest BCUT2D eigenvalue weighted by molar-refractivity contribution is 5.40. The lowest BCUT2D eigenvalue weighted by atomic mass is 10.1. The van der Waals surface area contributed by atoms with Crippen LogP contribution in [-0.4, -0.2) is 20.8 Å². The first-order valence-electron chi connectivity index (χ1n) is 7.26. The second-order valence-corrected chi connectivity index (χ2v) is 4.77. The van der Waals surface area contributed by atoms with Gasteiger partial charge in [-0.2, -0.15) is 0 Å². The Morgan fingerprint density at radius 2 is 1.89 bits per heavy atom. The molecule has 108 valence electrons. The SMILES string of the molecule is CCCCCCCOc1ccc(OC)cc1CNC. The van der Waals surface area contributed by atoms with E-state index >= 15 is 0 Å². The number of unbranched alkanes of at least 4 members (excludes halogenated alkanes) is 4. The smallest absolute Gasteiger partial charge is 0.124 e. The molecular weight excluding hydrogens is 238 g/mol. The Balaban J connectivity index is 2.43. The minimum Gasteiger partial charge on any atom is -0.497 e. The molecule has 0 fully saturated rings. The Hall–Kier alpha value is -1.22. The highest BCUT2D eigenvalue weighted by atomic mass is 16.5. The number of ether oxygens (including phenoxy) is 2. The van der Waals surface area contributed by atoms with E-state index in [0.29, 0.717) is 0 Å². The first-order chi connectivity index (χ1) is 9.31. The molecule has 1 aromatic carbocycles. The van der Waals surface area contributed by atoms with Gasteiger partial charge in [0.25, 0.3) is 0 Å². The van der Waals surface area contributed by atoms with Crippen LogP contribution < -0.4 is 14.8 Å². The van der Waals surface area contributed by atoms with Crippen molar-refractivity contribution >= 4 is 0 Å². The molecule has 0 radical (unpaired) electrons. The van der Waals surface area contributed by atoms with E-state index in [2.05, 4.69) is 12.2 Å². The van der Waals surface area contributed by atoms with Gasteiger partial charge in [-0.05, 0) is 31.7 Å². The Morgan fingerprint density at radius 3 is 2.58 bits per heavy atom. The molecule has 0 saturated heterocycles. The van der Waals surface area contributed by atoms with Gasteiger partial charge < -0.3 is 14.8 Å². The van der Waals surface area contributed by atoms with E-state index in [4.69, 9.17) is 9.47 Å². The largest absolute Gasteiger partial charge is 0.497 e. The molecule has 1 N–H and O–H groups in total. The third kappa shape index (κ3) is 5.97. The van der Waals surface area contributed by atoms with Crippen molar-refractivity contribution in [3.63, 3.8) is 0 Å². The standard InChI is InChI=1S/C16H27NO2/c1-4-5-6-7-8-11-19-16-10-9-15(18-3)12-14(16)13-17-2/h9-10,12,17H,4-8,11,13H2,1-3H3. The van der Waals surface area contributed by atoms with Crippen molar-refractivity contribution in [2.75, 3.05) is 20.8 Å². The summed E-state index contributed by atoms with van der Waals surface area (Å²) >= 11 is 0. The van der Waals surface area contributed by atoms with E-state index in [-0.39, 0.29) is 0 Å². The maximum atomic E-state index is 5.87. The van der Waals surface area contributed by atoms with E-state index in [9.17, 15) is 0 Å². The fourth-order valence-electron chi connectivity index (χ4n) is 2.04. The maximum absolute atomic E-state index is 5.87. The summed E-state index contributed by atoms with van der Waals surface area (Å²) < 4.78 is 11.1. The summed E-state index contributed by atoms with van der Waals surface area (Å²) in [6.45, 7) is 3.83. The van der Waals surface area contributed by atoms with Crippen LogP contribution in [0.3, 0.4) is 0 Å². The van der Waals surface area contributed by atoms with E-state index in [0.717, 1.165) is 36.6 Å². The van der Waals surface area contributed by atoms with Crippen molar-refractivity contribution in [3.05, 3.63) is 23.8 Å². The fraction of sp³-hybridized carbons (Fsp3) is 0.625. The van der Waals surface area contributed by atoms with Crippen LogP contribution in [0.25, 0.3) is 0 Å². The fourth-order valence-corrected chi connectivity index (χ4v) is 2.04. The summed E-state index contributed by atoms with van der Waals surface area (Å²) in [5.74, 6) is 1.84. The second kappa shape index (κ2) is 9.68. The monoisotopic (exact) mass is 265 g/mol. The Kier molecular flexibility index (Phi) is 8.07. The van der Waals surface area contributed by atoms with Gasteiger partial charge in [-0.1, -0.05) is 32.6 Å². The lowest BCUT2D eigenvalue weighted by Crippen LogP contribution is -2.08. The highest BCUT2D eigenvalue weighted by Gasteiger charge is 2.05. The zero-order valence-electron chi connectivity index (χ0n) is 12.5. The third-order valence-electron chi connectivity index (χ3n) is 3.14. The number of benzene rings is 1. The molecule has 19 heavy (non-hydrogen) atoms. The molecule has 0 spiro atoms. The van der Waals surface area contributed by atoms with E-state index in [1.54, 1.807) is 7.11 Å². The lowest BCUT2D eigenvalue weighted by molar-refractivity contribution is 0.300. The third-order valence-corrected chi connectivity index (χ3v) is 3.14. The highest BCUT2D eigenvalue weighted by Crippen LogP contribution is 2.24. The predicted molar refractivity (Wildman–Crippen MR) is 80.0 cm³/mol. The van der Waals surface area contributed by atoms with Gasteiger partial charge in [0.2, 0.25) is 0 Å². The summed E-state index contributed by atoms with van der Waals surface area (Å²) in [5, 5.41) is 3.16. The van der Waals surface area contributed by atoms with Gasteiger partial charge in [0, 0.05) is 12.1 Å². The van der Waals surface area contributed by atoms with Gasteiger partial charge in [0.05, 0.1) is 13.7 Å². The van der Waals surface area contributed by atoms with E-state index < -0.39 is 0 Å². The summed E-state index contributed by atoms with van der Waals surface area (Å²) in [6, 6.07) is 5.98. The van der Waals surface area contributed by atoms with Gasteiger partial charge in [-0.25, -0.2) is 0 Å². The van der Waals surface area contributed by atoms with Crippen LogP contribution in [-0.2, 0) is 6.54 Å². The molecule has 0 bridgehead atoms. The molecule has 0 aromatic heterocycles. The van der Waals surface area contributed by atoms with Crippen LogP contribution in [0.5, 0.6) is 11.5 Å². The van der Waals surface area contributed by atoms with Crippen LogP contribution in [0.2, 0.25) is 0 Å². The number of nitrogens with one attached hydrogen (secondary N) is 1. The average Bonchev–Trinajstić information content (AvgIpc) is 2.44. The Morgan fingerprint density at radius 1 is 1.11 bits per heavy atom. The first-order valence-corrected chi connectivity index (χ1v) is 7.26. The Bertz CT molecular complexity index is 353. The summed E-state index contributed by atoms with van der Waals surface area (Å²) in [7, 11) is 3.63. The second-order valence-electron chi connectivity index (χ2n) is 4.77. The lowest BCUT2D eigenvalue weighted by Gasteiger charge is -2.12. The molecule has 0 heterocycles. The number of rotatable bonds is 10. The normalized spacial score (nSPS) is 10.5. The van der Waals surface area contributed by atoms with Gasteiger partial charge in [0.15, 0.2) is 0 Å². The minimum absolute atomic E-state index is 0.794. The number of hydrogen-bond donors (Lipinski definition) is 1. The van der Waals surface area contributed by atoms with Gasteiger partial charge in [0.1, 0.15) is 11.5 Å². The predicted octanol–water partition coefficient (Wildman–Crippen LogP) is 3.76. The molecule has 0 aliphatic carbocycles. The minimum atomic E-state index is 0.794. The molecule has 0 amide bonds. The zero-order chi connectivity index (χ0) is 13.9. The molecule has 0 atom stereocenters. The van der Waals surface area contributed by atoms with Crippen molar-refractivity contribution in [2.45, 2.75) is 45.6 Å². The van der Waals surface area contributed by atoms with E-state index in [1.165, 1.54) is 25.7 Å². The first kappa shape index (κ1) is 15.8. The number of methoxy groups -OCH3 is 1. The van der Waals surface area contributed by atoms with Crippen molar-refractivity contribution in [1.82, 2.24) is 5.32 Å². The summed E-state index contributed by atoms with van der Waals surface area (Å²) in [6.07, 6.45) is 6.31. The molecule has 1 rings (SSSR count). The Labute approximate surface area is 117 Å². The van der Waals surface area contributed by atoms with Crippen LogP contribution in [0.4, 0.5) is 0 Å². The van der Waals surface area contributed by atoms with Crippen molar-refractivity contribution in [3.8, 4) is 11.5 Å². The molecule has 3 nitrogen and oxygen atoms in total. The van der Waals surface area contributed by atoms with Gasteiger partial charge in [-0.15, -0.1) is 0 Å².